The van der Waals surface area contributed by atoms with E-state index in [0.29, 0.717) is 6.04 Å². The van der Waals surface area contributed by atoms with Crippen LogP contribution >= 0.6 is 0 Å². The van der Waals surface area contributed by atoms with E-state index in [1.165, 1.54) is 19.3 Å². The monoisotopic (exact) mass is 186 g/mol. The van der Waals surface area contributed by atoms with E-state index in [0.717, 1.165) is 19.1 Å². The lowest BCUT2D eigenvalue weighted by molar-refractivity contribution is 0.158. The SMILES string of the molecule is CC(CO)N(C)CCCNC1CC1. The molecule has 0 bridgehead atoms. The molecule has 0 aromatic heterocycles. The van der Waals surface area contributed by atoms with E-state index in [4.69, 9.17) is 5.11 Å². The van der Waals surface area contributed by atoms with E-state index in [1.807, 2.05) is 6.92 Å². The molecule has 0 spiro atoms. The number of hydrogen-bond acceptors (Lipinski definition) is 3. The molecule has 1 aliphatic carbocycles. The first-order chi connectivity index (χ1) is 6.24. The fourth-order valence-corrected chi connectivity index (χ4v) is 1.28. The summed E-state index contributed by atoms with van der Waals surface area (Å²) in [6.07, 6.45) is 3.91. The average molecular weight is 186 g/mol. The maximum Gasteiger partial charge on any atom is 0.0584 e. The van der Waals surface area contributed by atoms with Crippen LogP contribution < -0.4 is 5.32 Å². The Balaban J connectivity index is 1.90. The van der Waals surface area contributed by atoms with Gasteiger partial charge >= 0.3 is 0 Å². The van der Waals surface area contributed by atoms with Crippen LogP contribution in [-0.2, 0) is 0 Å². The quantitative estimate of drug-likeness (QED) is 0.566. The second-order valence-electron chi connectivity index (χ2n) is 4.09. The molecule has 0 aliphatic heterocycles. The molecular formula is C10H22N2O. The predicted molar refractivity (Wildman–Crippen MR) is 54.8 cm³/mol. The highest BCUT2D eigenvalue weighted by molar-refractivity contribution is 4.80. The van der Waals surface area contributed by atoms with E-state index in [9.17, 15) is 0 Å². The molecular weight excluding hydrogens is 164 g/mol. The van der Waals surface area contributed by atoms with Crippen LogP contribution in [0.5, 0.6) is 0 Å². The highest BCUT2D eigenvalue weighted by Crippen LogP contribution is 2.18. The normalized spacial score (nSPS) is 19.4. The molecule has 1 aliphatic rings. The molecule has 0 radical (unpaired) electrons. The van der Waals surface area contributed by atoms with Crippen molar-refractivity contribution in [3.8, 4) is 0 Å². The van der Waals surface area contributed by atoms with Crippen LogP contribution in [0.4, 0.5) is 0 Å². The highest BCUT2D eigenvalue weighted by Gasteiger charge is 2.19. The van der Waals surface area contributed by atoms with Gasteiger partial charge in [0.05, 0.1) is 6.61 Å². The number of nitrogens with zero attached hydrogens (tertiary/aromatic N) is 1. The number of hydrogen-bond donors (Lipinski definition) is 2. The van der Waals surface area contributed by atoms with Gasteiger partial charge in [-0.25, -0.2) is 0 Å². The van der Waals surface area contributed by atoms with Gasteiger partial charge in [0.15, 0.2) is 0 Å². The Labute approximate surface area is 81.1 Å². The van der Waals surface area contributed by atoms with Crippen LogP contribution in [0.3, 0.4) is 0 Å². The summed E-state index contributed by atoms with van der Waals surface area (Å²) in [7, 11) is 2.07. The Morgan fingerprint density at radius 3 is 2.77 bits per heavy atom. The predicted octanol–water partition coefficient (Wildman–Crippen LogP) is 0.441. The van der Waals surface area contributed by atoms with Gasteiger partial charge in [-0.3, -0.25) is 0 Å². The van der Waals surface area contributed by atoms with Crippen LogP contribution in [0.15, 0.2) is 0 Å². The van der Waals surface area contributed by atoms with Crippen molar-refractivity contribution in [1.82, 2.24) is 10.2 Å². The van der Waals surface area contributed by atoms with E-state index >= 15 is 0 Å². The molecule has 0 saturated heterocycles. The first-order valence-electron chi connectivity index (χ1n) is 5.28. The molecule has 3 heteroatoms. The second-order valence-corrected chi connectivity index (χ2v) is 4.09. The van der Waals surface area contributed by atoms with E-state index < -0.39 is 0 Å². The summed E-state index contributed by atoms with van der Waals surface area (Å²) in [4.78, 5) is 2.20. The third kappa shape index (κ3) is 4.60. The summed E-state index contributed by atoms with van der Waals surface area (Å²) in [5, 5.41) is 12.4. The fourth-order valence-electron chi connectivity index (χ4n) is 1.28. The molecule has 0 aromatic rings. The molecule has 2 N–H and O–H groups in total. The van der Waals surface area contributed by atoms with Crippen LogP contribution in [0.2, 0.25) is 0 Å². The maximum atomic E-state index is 8.90. The van der Waals surface area contributed by atoms with Gasteiger partial charge in [0.1, 0.15) is 0 Å². The topological polar surface area (TPSA) is 35.5 Å². The minimum Gasteiger partial charge on any atom is -0.395 e. The summed E-state index contributed by atoms with van der Waals surface area (Å²) in [5.41, 5.74) is 0. The summed E-state index contributed by atoms with van der Waals surface area (Å²) in [6.45, 7) is 4.50. The summed E-state index contributed by atoms with van der Waals surface area (Å²) >= 11 is 0. The molecule has 0 amide bonds. The Bertz CT molecular complexity index is 137. The molecule has 1 unspecified atom stereocenters. The lowest BCUT2D eigenvalue weighted by Crippen LogP contribution is -2.34. The number of likely N-dealkylation sites (N-methyl/N-ethyl adjacent to an activating group) is 1. The Morgan fingerprint density at radius 2 is 2.23 bits per heavy atom. The van der Waals surface area contributed by atoms with Gasteiger partial charge in [-0.05, 0) is 46.3 Å². The fraction of sp³-hybridized carbons (Fsp3) is 1.00. The molecule has 1 rings (SSSR count). The average Bonchev–Trinajstić information content (AvgIpc) is 2.94. The van der Waals surface area contributed by atoms with Gasteiger partial charge in [-0.1, -0.05) is 0 Å². The molecule has 13 heavy (non-hydrogen) atoms. The largest absolute Gasteiger partial charge is 0.395 e. The van der Waals surface area contributed by atoms with Crippen molar-refractivity contribution in [2.45, 2.75) is 38.3 Å². The summed E-state index contributed by atoms with van der Waals surface area (Å²) < 4.78 is 0. The van der Waals surface area contributed by atoms with Gasteiger partial charge in [0.25, 0.3) is 0 Å². The molecule has 78 valence electrons. The number of nitrogens with one attached hydrogen (secondary N) is 1. The summed E-state index contributed by atoms with van der Waals surface area (Å²) in [5.74, 6) is 0. The van der Waals surface area contributed by atoms with Gasteiger partial charge < -0.3 is 15.3 Å². The van der Waals surface area contributed by atoms with E-state index in [-0.39, 0.29) is 6.61 Å². The van der Waals surface area contributed by atoms with Crippen molar-refractivity contribution in [2.75, 3.05) is 26.7 Å². The van der Waals surface area contributed by atoms with Gasteiger partial charge in [-0.15, -0.1) is 0 Å². The summed E-state index contributed by atoms with van der Waals surface area (Å²) in [6, 6.07) is 1.11. The number of aliphatic hydroxyl groups excluding tert-OH is 1. The Hall–Kier alpha value is -0.120. The molecule has 1 atom stereocenters. The first-order valence-corrected chi connectivity index (χ1v) is 5.28. The molecule has 3 nitrogen and oxygen atoms in total. The van der Waals surface area contributed by atoms with Crippen molar-refractivity contribution in [1.29, 1.82) is 0 Å². The van der Waals surface area contributed by atoms with Gasteiger partial charge in [0, 0.05) is 12.1 Å². The Morgan fingerprint density at radius 1 is 1.54 bits per heavy atom. The van der Waals surface area contributed by atoms with E-state index in [1.54, 1.807) is 0 Å². The zero-order valence-corrected chi connectivity index (χ0v) is 8.79. The van der Waals surface area contributed by atoms with Crippen LogP contribution in [0.1, 0.15) is 26.2 Å². The number of rotatable bonds is 7. The van der Waals surface area contributed by atoms with Crippen molar-refractivity contribution in [2.24, 2.45) is 0 Å². The second kappa shape index (κ2) is 5.58. The Kier molecular flexibility index (Phi) is 4.70. The molecule has 0 aromatic carbocycles. The van der Waals surface area contributed by atoms with Gasteiger partial charge in [0.2, 0.25) is 0 Å². The minimum absolute atomic E-state index is 0.257. The third-order valence-corrected chi connectivity index (χ3v) is 2.71. The van der Waals surface area contributed by atoms with Crippen molar-refractivity contribution >= 4 is 0 Å². The molecule has 0 heterocycles. The minimum atomic E-state index is 0.257. The highest BCUT2D eigenvalue weighted by atomic mass is 16.3. The van der Waals surface area contributed by atoms with Crippen LogP contribution in [0, 0.1) is 0 Å². The molecule has 1 saturated carbocycles. The first kappa shape index (κ1) is 11.0. The number of aliphatic hydroxyl groups is 1. The van der Waals surface area contributed by atoms with Crippen LogP contribution in [0.25, 0.3) is 0 Å². The third-order valence-electron chi connectivity index (χ3n) is 2.71. The van der Waals surface area contributed by atoms with Crippen molar-refractivity contribution in [3.63, 3.8) is 0 Å². The van der Waals surface area contributed by atoms with E-state index in [2.05, 4.69) is 17.3 Å². The van der Waals surface area contributed by atoms with Crippen LogP contribution in [-0.4, -0.2) is 48.8 Å². The standard InChI is InChI=1S/C10H22N2O/c1-9(8-13)12(2)7-3-6-11-10-4-5-10/h9-11,13H,3-8H2,1-2H3. The van der Waals surface area contributed by atoms with Crippen molar-refractivity contribution < 1.29 is 5.11 Å². The zero-order chi connectivity index (χ0) is 9.68. The molecule has 1 fully saturated rings. The lowest BCUT2D eigenvalue weighted by atomic mass is 10.3. The zero-order valence-electron chi connectivity index (χ0n) is 8.79. The maximum absolute atomic E-state index is 8.90. The smallest absolute Gasteiger partial charge is 0.0584 e. The van der Waals surface area contributed by atoms with Gasteiger partial charge in [-0.2, -0.15) is 0 Å². The van der Waals surface area contributed by atoms with Crippen molar-refractivity contribution in [3.05, 3.63) is 0 Å². The lowest BCUT2D eigenvalue weighted by Gasteiger charge is -2.22.